The molecule has 0 aromatic heterocycles. The second kappa shape index (κ2) is 5.41. The lowest BCUT2D eigenvalue weighted by Gasteiger charge is -2.47. The third-order valence-electron chi connectivity index (χ3n) is 2.74. The second-order valence-corrected chi connectivity index (χ2v) is 6.09. The number of hydrogen-bond acceptors (Lipinski definition) is 4. The highest BCUT2D eigenvalue weighted by Gasteiger charge is 2.38. The SMILES string of the molecule is C=C(CN1CC(C)(C)OC(C)(C)C1)C(=O)OCC. The highest BCUT2D eigenvalue weighted by atomic mass is 16.5. The number of carbonyl (C=O) groups is 1. The smallest absolute Gasteiger partial charge is 0.334 e. The molecule has 4 heteroatoms. The molecule has 0 aromatic rings. The van der Waals surface area contributed by atoms with Crippen LogP contribution in [-0.2, 0) is 14.3 Å². The van der Waals surface area contributed by atoms with Gasteiger partial charge in [0.15, 0.2) is 0 Å². The van der Waals surface area contributed by atoms with Crippen LogP contribution in [0.25, 0.3) is 0 Å². The van der Waals surface area contributed by atoms with E-state index in [0.717, 1.165) is 13.1 Å². The van der Waals surface area contributed by atoms with Gasteiger partial charge in [-0.2, -0.15) is 0 Å². The molecule has 0 aliphatic carbocycles. The van der Waals surface area contributed by atoms with Gasteiger partial charge in [-0.15, -0.1) is 0 Å². The van der Waals surface area contributed by atoms with E-state index in [1.165, 1.54) is 0 Å². The number of carbonyl (C=O) groups excluding carboxylic acids is 1. The standard InChI is InChI=1S/C14H25NO3/c1-7-17-12(16)11(2)8-15-9-13(3,4)18-14(5,6)10-15/h2,7-10H2,1,3-6H3. The first-order chi connectivity index (χ1) is 8.15. The fraction of sp³-hybridized carbons (Fsp3) is 0.786. The number of nitrogens with zero attached hydrogens (tertiary/aromatic N) is 1. The minimum atomic E-state index is -0.306. The molecule has 0 spiro atoms. The maximum atomic E-state index is 11.6. The molecule has 0 unspecified atom stereocenters. The minimum Gasteiger partial charge on any atom is -0.463 e. The first-order valence-corrected chi connectivity index (χ1v) is 6.43. The van der Waals surface area contributed by atoms with Crippen LogP contribution in [0.3, 0.4) is 0 Å². The molecule has 0 N–H and O–H groups in total. The molecule has 1 aliphatic rings. The van der Waals surface area contributed by atoms with Crippen LogP contribution in [0.4, 0.5) is 0 Å². The van der Waals surface area contributed by atoms with Crippen molar-refractivity contribution in [1.82, 2.24) is 4.90 Å². The molecular formula is C14H25NO3. The van der Waals surface area contributed by atoms with Gasteiger partial charge in [0.2, 0.25) is 0 Å². The van der Waals surface area contributed by atoms with Gasteiger partial charge in [-0.1, -0.05) is 6.58 Å². The van der Waals surface area contributed by atoms with Crippen LogP contribution in [0.15, 0.2) is 12.2 Å². The molecule has 0 atom stereocenters. The Bertz CT molecular complexity index is 318. The zero-order valence-corrected chi connectivity index (χ0v) is 12.2. The van der Waals surface area contributed by atoms with Crippen molar-refractivity contribution in [2.24, 2.45) is 0 Å². The average Bonchev–Trinajstić information content (AvgIpc) is 2.12. The van der Waals surface area contributed by atoms with Gasteiger partial charge in [0.25, 0.3) is 0 Å². The van der Waals surface area contributed by atoms with Gasteiger partial charge in [-0.3, -0.25) is 4.90 Å². The fourth-order valence-corrected chi connectivity index (χ4v) is 2.62. The fourth-order valence-electron chi connectivity index (χ4n) is 2.62. The summed E-state index contributed by atoms with van der Waals surface area (Å²) in [6.45, 7) is 16.4. The molecule has 104 valence electrons. The summed E-state index contributed by atoms with van der Waals surface area (Å²) in [5.74, 6) is -0.306. The van der Waals surface area contributed by atoms with E-state index in [1.54, 1.807) is 6.92 Å². The minimum absolute atomic E-state index is 0.212. The summed E-state index contributed by atoms with van der Waals surface area (Å²) in [5.41, 5.74) is 0.0817. The Hall–Kier alpha value is -0.870. The first kappa shape index (κ1) is 15.2. The van der Waals surface area contributed by atoms with Gasteiger partial charge in [0.05, 0.1) is 17.8 Å². The topological polar surface area (TPSA) is 38.8 Å². The summed E-state index contributed by atoms with van der Waals surface area (Å²) < 4.78 is 10.9. The van der Waals surface area contributed by atoms with Crippen molar-refractivity contribution in [1.29, 1.82) is 0 Å². The van der Waals surface area contributed by atoms with Crippen LogP contribution in [0.2, 0.25) is 0 Å². The molecular weight excluding hydrogens is 230 g/mol. The summed E-state index contributed by atoms with van der Waals surface area (Å²) in [4.78, 5) is 13.8. The average molecular weight is 255 g/mol. The van der Waals surface area contributed by atoms with Crippen LogP contribution in [-0.4, -0.2) is 48.3 Å². The summed E-state index contributed by atoms with van der Waals surface area (Å²) in [6.07, 6.45) is 0. The van der Waals surface area contributed by atoms with Crippen molar-refractivity contribution in [2.45, 2.75) is 45.8 Å². The maximum Gasteiger partial charge on any atom is 0.334 e. The molecule has 0 bridgehead atoms. The molecule has 1 saturated heterocycles. The molecule has 0 radical (unpaired) electrons. The number of esters is 1. The number of ether oxygens (including phenoxy) is 2. The number of morpholine rings is 1. The Morgan fingerprint density at radius 3 is 2.22 bits per heavy atom. The van der Waals surface area contributed by atoms with E-state index in [0.29, 0.717) is 18.7 Å². The lowest BCUT2D eigenvalue weighted by Crippen LogP contribution is -2.57. The first-order valence-electron chi connectivity index (χ1n) is 6.43. The molecule has 0 amide bonds. The van der Waals surface area contributed by atoms with E-state index in [1.807, 2.05) is 0 Å². The molecule has 1 aliphatic heterocycles. The van der Waals surface area contributed by atoms with Crippen molar-refractivity contribution in [3.8, 4) is 0 Å². The van der Waals surface area contributed by atoms with Crippen LogP contribution in [0, 0.1) is 0 Å². The Morgan fingerprint density at radius 2 is 1.78 bits per heavy atom. The highest BCUT2D eigenvalue weighted by Crippen LogP contribution is 2.28. The predicted octanol–water partition coefficient (Wildman–Crippen LogP) is 2.00. The molecule has 1 rings (SSSR count). The van der Waals surface area contributed by atoms with E-state index >= 15 is 0 Å². The largest absolute Gasteiger partial charge is 0.463 e. The van der Waals surface area contributed by atoms with Crippen molar-refractivity contribution < 1.29 is 14.3 Å². The summed E-state index contributed by atoms with van der Waals surface area (Å²) >= 11 is 0. The highest BCUT2D eigenvalue weighted by molar-refractivity contribution is 5.88. The second-order valence-electron chi connectivity index (χ2n) is 6.09. The molecule has 0 aromatic carbocycles. The normalized spacial score (nSPS) is 22.5. The Labute approximate surface area is 110 Å². The number of rotatable bonds is 4. The zero-order valence-electron chi connectivity index (χ0n) is 12.2. The number of hydrogen-bond donors (Lipinski definition) is 0. The third kappa shape index (κ3) is 4.42. The van der Waals surface area contributed by atoms with Gasteiger partial charge in [-0.05, 0) is 34.6 Å². The van der Waals surface area contributed by atoms with Gasteiger partial charge >= 0.3 is 5.97 Å². The van der Waals surface area contributed by atoms with Crippen LogP contribution < -0.4 is 0 Å². The van der Waals surface area contributed by atoms with E-state index in [-0.39, 0.29) is 17.2 Å². The van der Waals surface area contributed by atoms with Gasteiger partial charge in [-0.25, -0.2) is 4.79 Å². The van der Waals surface area contributed by atoms with Gasteiger partial charge in [0, 0.05) is 25.2 Å². The Kier molecular flexibility index (Phi) is 4.56. The lowest BCUT2D eigenvalue weighted by atomic mass is 9.98. The summed E-state index contributed by atoms with van der Waals surface area (Å²) in [6, 6.07) is 0. The van der Waals surface area contributed by atoms with E-state index in [9.17, 15) is 4.79 Å². The molecule has 1 heterocycles. The predicted molar refractivity (Wildman–Crippen MR) is 71.5 cm³/mol. The van der Waals surface area contributed by atoms with Crippen molar-refractivity contribution >= 4 is 5.97 Å². The molecule has 0 saturated carbocycles. The summed E-state index contributed by atoms with van der Waals surface area (Å²) in [7, 11) is 0. The van der Waals surface area contributed by atoms with Crippen molar-refractivity contribution in [3.05, 3.63) is 12.2 Å². The van der Waals surface area contributed by atoms with Crippen molar-refractivity contribution in [2.75, 3.05) is 26.2 Å². The van der Waals surface area contributed by atoms with E-state index < -0.39 is 0 Å². The van der Waals surface area contributed by atoms with E-state index in [4.69, 9.17) is 9.47 Å². The third-order valence-corrected chi connectivity index (χ3v) is 2.74. The lowest BCUT2D eigenvalue weighted by molar-refractivity contribution is -0.179. The Morgan fingerprint density at radius 1 is 1.28 bits per heavy atom. The Balaban J connectivity index is 2.62. The van der Waals surface area contributed by atoms with Gasteiger partial charge < -0.3 is 9.47 Å². The molecule has 18 heavy (non-hydrogen) atoms. The maximum absolute atomic E-state index is 11.6. The monoisotopic (exact) mass is 255 g/mol. The quantitative estimate of drug-likeness (QED) is 0.569. The van der Waals surface area contributed by atoms with Crippen molar-refractivity contribution in [3.63, 3.8) is 0 Å². The summed E-state index contributed by atoms with van der Waals surface area (Å²) in [5, 5.41) is 0. The van der Waals surface area contributed by atoms with Crippen LogP contribution >= 0.6 is 0 Å². The van der Waals surface area contributed by atoms with Crippen LogP contribution in [0.5, 0.6) is 0 Å². The zero-order chi connectivity index (χ0) is 14.0. The molecule has 1 fully saturated rings. The molecule has 4 nitrogen and oxygen atoms in total. The van der Waals surface area contributed by atoms with Crippen LogP contribution in [0.1, 0.15) is 34.6 Å². The van der Waals surface area contributed by atoms with E-state index in [2.05, 4.69) is 39.2 Å². The van der Waals surface area contributed by atoms with Gasteiger partial charge in [0.1, 0.15) is 0 Å².